The van der Waals surface area contributed by atoms with E-state index in [1.165, 1.54) is 29.5 Å². The van der Waals surface area contributed by atoms with Gasteiger partial charge in [-0.05, 0) is 12.1 Å². The normalized spacial score (nSPS) is 10.2. The lowest BCUT2D eigenvalue weighted by Gasteiger charge is -2.06. The van der Waals surface area contributed by atoms with Gasteiger partial charge in [-0.1, -0.05) is 11.6 Å². The summed E-state index contributed by atoms with van der Waals surface area (Å²) in [4.78, 5) is 21.6. The monoisotopic (exact) mass is 312 g/mol. The van der Waals surface area contributed by atoms with Crippen molar-refractivity contribution in [1.82, 2.24) is 0 Å². The van der Waals surface area contributed by atoms with E-state index in [1.807, 2.05) is 0 Å². The second-order valence-corrected chi connectivity index (χ2v) is 5.28. The van der Waals surface area contributed by atoms with E-state index >= 15 is 0 Å². The van der Waals surface area contributed by atoms with Crippen LogP contribution in [-0.4, -0.2) is 16.0 Å². The van der Waals surface area contributed by atoms with Gasteiger partial charge in [-0.3, -0.25) is 10.1 Å². The molecule has 2 rings (SSSR count). The highest BCUT2D eigenvalue weighted by molar-refractivity contribution is 7.10. The van der Waals surface area contributed by atoms with Gasteiger partial charge >= 0.3 is 5.97 Å². The molecule has 0 fully saturated rings. The van der Waals surface area contributed by atoms with Gasteiger partial charge in [-0.2, -0.15) is 0 Å². The van der Waals surface area contributed by atoms with E-state index in [4.69, 9.17) is 16.7 Å². The van der Waals surface area contributed by atoms with Crippen molar-refractivity contribution in [1.29, 1.82) is 0 Å². The summed E-state index contributed by atoms with van der Waals surface area (Å²) in [6.45, 7) is 0.398. The van der Waals surface area contributed by atoms with E-state index < -0.39 is 10.9 Å². The van der Waals surface area contributed by atoms with Crippen molar-refractivity contribution < 1.29 is 14.8 Å². The quantitative estimate of drug-likeness (QED) is 0.649. The molecule has 0 aliphatic carbocycles. The number of thiophene rings is 1. The number of carboxylic acid groups (broad SMARTS) is 1. The first kappa shape index (κ1) is 14.3. The van der Waals surface area contributed by atoms with Crippen molar-refractivity contribution in [2.45, 2.75) is 6.54 Å². The van der Waals surface area contributed by atoms with Crippen LogP contribution in [0, 0.1) is 10.1 Å². The molecule has 0 spiro atoms. The van der Waals surface area contributed by atoms with Gasteiger partial charge < -0.3 is 10.4 Å². The number of nitrogens with zero attached hydrogens (tertiary/aromatic N) is 1. The number of aromatic carboxylic acids is 1. The SMILES string of the molecule is O=C(O)c1csc(CNc2ccc([N+](=O)[O-])cc2Cl)c1. The molecule has 0 saturated carbocycles. The number of halogens is 1. The maximum atomic E-state index is 10.7. The minimum Gasteiger partial charge on any atom is -0.478 e. The first-order valence-electron chi connectivity index (χ1n) is 5.46. The number of carboxylic acids is 1. The number of hydrogen-bond donors (Lipinski definition) is 2. The Labute approximate surface area is 122 Å². The van der Waals surface area contributed by atoms with Gasteiger partial charge in [0.05, 0.1) is 21.2 Å². The Morgan fingerprint density at radius 1 is 1.45 bits per heavy atom. The minimum atomic E-state index is -0.971. The van der Waals surface area contributed by atoms with Crippen LogP contribution in [0.1, 0.15) is 15.2 Å². The molecule has 1 aromatic carbocycles. The summed E-state index contributed by atoms with van der Waals surface area (Å²) in [6.07, 6.45) is 0. The largest absolute Gasteiger partial charge is 0.478 e. The zero-order valence-corrected chi connectivity index (χ0v) is 11.6. The fraction of sp³-hybridized carbons (Fsp3) is 0.0833. The molecule has 6 nitrogen and oxygen atoms in total. The van der Waals surface area contributed by atoms with E-state index in [0.29, 0.717) is 12.2 Å². The number of benzene rings is 1. The molecule has 1 heterocycles. The predicted octanol–water partition coefficient (Wildman–Crippen LogP) is 3.62. The van der Waals surface area contributed by atoms with Crippen LogP contribution in [0.25, 0.3) is 0 Å². The third kappa shape index (κ3) is 3.25. The van der Waals surface area contributed by atoms with Gasteiger partial charge in [0.1, 0.15) is 0 Å². The van der Waals surface area contributed by atoms with Gasteiger partial charge in [0.15, 0.2) is 0 Å². The van der Waals surface area contributed by atoms with Crippen molar-refractivity contribution in [3.8, 4) is 0 Å². The summed E-state index contributed by atoms with van der Waals surface area (Å²) < 4.78 is 0. The molecule has 0 amide bonds. The number of anilines is 1. The minimum absolute atomic E-state index is 0.0789. The number of carbonyl (C=O) groups is 1. The summed E-state index contributed by atoms with van der Waals surface area (Å²) in [5.74, 6) is -0.971. The number of rotatable bonds is 5. The lowest BCUT2D eigenvalue weighted by atomic mass is 10.2. The zero-order valence-electron chi connectivity index (χ0n) is 10.00. The second-order valence-electron chi connectivity index (χ2n) is 3.88. The standard InChI is InChI=1S/C12H9ClN2O4S/c13-10-4-8(15(18)19)1-2-11(10)14-5-9-3-7(6-20-9)12(16)17/h1-4,6,14H,5H2,(H,16,17). The van der Waals surface area contributed by atoms with Crippen LogP contribution in [-0.2, 0) is 6.54 Å². The first-order valence-corrected chi connectivity index (χ1v) is 6.71. The highest BCUT2D eigenvalue weighted by Crippen LogP contribution is 2.27. The summed E-state index contributed by atoms with van der Waals surface area (Å²) in [6, 6.07) is 5.71. The van der Waals surface area contributed by atoms with Crippen LogP contribution >= 0.6 is 22.9 Å². The highest BCUT2D eigenvalue weighted by Gasteiger charge is 2.10. The third-order valence-corrected chi connectivity index (χ3v) is 3.77. The van der Waals surface area contributed by atoms with Crippen molar-refractivity contribution in [2.75, 3.05) is 5.32 Å². The third-order valence-electron chi connectivity index (χ3n) is 2.52. The van der Waals surface area contributed by atoms with Crippen LogP contribution in [0.15, 0.2) is 29.6 Å². The van der Waals surface area contributed by atoms with Gasteiger partial charge in [0.2, 0.25) is 0 Å². The fourth-order valence-electron chi connectivity index (χ4n) is 1.53. The van der Waals surface area contributed by atoms with Crippen LogP contribution in [0.3, 0.4) is 0 Å². The Kier molecular flexibility index (Phi) is 4.21. The van der Waals surface area contributed by atoms with Crippen LogP contribution in [0.5, 0.6) is 0 Å². The van der Waals surface area contributed by atoms with E-state index in [2.05, 4.69) is 5.32 Å². The summed E-state index contributed by atoms with van der Waals surface area (Å²) in [5.41, 5.74) is 0.717. The molecule has 0 aliphatic heterocycles. The van der Waals surface area contributed by atoms with Crippen molar-refractivity contribution in [3.63, 3.8) is 0 Å². The number of nitro benzene ring substituents is 1. The molecule has 8 heteroatoms. The molecule has 104 valence electrons. The van der Waals surface area contributed by atoms with Gasteiger partial charge in [-0.15, -0.1) is 11.3 Å². The molecular weight excluding hydrogens is 304 g/mol. The Morgan fingerprint density at radius 2 is 2.20 bits per heavy atom. The Hall–Kier alpha value is -2.12. The lowest BCUT2D eigenvalue weighted by molar-refractivity contribution is -0.384. The van der Waals surface area contributed by atoms with Crippen molar-refractivity contribution in [2.24, 2.45) is 0 Å². The Balaban J connectivity index is 2.06. The molecule has 2 N–H and O–H groups in total. The summed E-state index contributed by atoms with van der Waals surface area (Å²) in [7, 11) is 0. The number of nitro groups is 1. The van der Waals surface area contributed by atoms with Crippen molar-refractivity contribution >= 4 is 40.3 Å². The topological polar surface area (TPSA) is 92.5 Å². The van der Waals surface area contributed by atoms with Gasteiger partial charge in [-0.25, -0.2) is 4.79 Å². The maximum absolute atomic E-state index is 10.7. The molecule has 0 bridgehead atoms. The summed E-state index contributed by atoms with van der Waals surface area (Å²) in [5, 5.41) is 24.2. The smallest absolute Gasteiger partial charge is 0.336 e. The maximum Gasteiger partial charge on any atom is 0.336 e. The first-order chi connectivity index (χ1) is 9.47. The molecule has 0 radical (unpaired) electrons. The van der Waals surface area contributed by atoms with E-state index in [1.54, 1.807) is 11.4 Å². The fourth-order valence-corrected chi connectivity index (χ4v) is 2.57. The van der Waals surface area contributed by atoms with Crippen LogP contribution < -0.4 is 5.32 Å². The second kappa shape index (κ2) is 5.89. The molecule has 2 aromatic rings. The Morgan fingerprint density at radius 3 is 2.75 bits per heavy atom. The number of nitrogens with one attached hydrogen (secondary N) is 1. The van der Waals surface area contributed by atoms with E-state index in [0.717, 1.165) is 4.88 Å². The molecule has 0 unspecified atom stereocenters. The molecule has 1 aromatic heterocycles. The average molecular weight is 313 g/mol. The highest BCUT2D eigenvalue weighted by atomic mass is 35.5. The Bertz CT molecular complexity index is 671. The lowest BCUT2D eigenvalue weighted by Crippen LogP contribution is -1.99. The van der Waals surface area contributed by atoms with Crippen LogP contribution in [0.2, 0.25) is 5.02 Å². The van der Waals surface area contributed by atoms with E-state index in [9.17, 15) is 14.9 Å². The summed E-state index contributed by atoms with van der Waals surface area (Å²) >= 11 is 7.25. The van der Waals surface area contributed by atoms with E-state index in [-0.39, 0.29) is 16.3 Å². The van der Waals surface area contributed by atoms with Crippen molar-refractivity contribution in [3.05, 3.63) is 55.2 Å². The van der Waals surface area contributed by atoms with Gasteiger partial charge in [0, 0.05) is 28.9 Å². The number of hydrogen-bond acceptors (Lipinski definition) is 5. The van der Waals surface area contributed by atoms with Gasteiger partial charge in [0.25, 0.3) is 5.69 Å². The predicted molar refractivity (Wildman–Crippen MR) is 76.7 cm³/mol. The average Bonchev–Trinajstić information content (AvgIpc) is 2.86. The molecule has 0 atom stereocenters. The molecular formula is C12H9ClN2O4S. The van der Waals surface area contributed by atoms with Crippen LogP contribution in [0.4, 0.5) is 11.4 Å². The molecule has 0 saturated heterocycles. The zero-order chi connectivity index (χ0) is 14.7. The molecule has 20 heavy (non-hydrogen) atoms. The number of non-ortho nitro benzene ring substituents is 1. The molecule has 0 aliphatic rings.